The Labute approximate surface area is 157 Å². The average Bonchev–Trinajstić information content (AvgIpc) is 2.75. The molecule has 5 heteroatoms. The predicted molar refractivity (Wildman–Crippen MR) is 104 cm³/mol. The summed E-state index contributed by atoms with van der Waals surface area (Å²) in [5, 5.41) is 10.6. The predicted octanol–water partition coefficient (Wildman–Crippen LogP) is 3.53. The van der Waals surface area contributed by atoms with Crippen LogP contribution in [0.3, 0.4) is 0 Å². The maximum absolute atomic E-state index is 10.6. The Balaban J connectivity index is 1.94. The summed E-state index contributed by atoms with van der Waals surface area (Å²) < 4.78 is 5.72. The number of aromatic nitrogens is 3. The molecular formula is C22H19N3O2. The van der Waals surface area contributed by atoms with Crippen LogP contribution < -0.4 is 0 Å². The van der Waals surface area contributed by atoms with Gasteiger partial charge in [0.15, 0.2) is 23.1 Å². The van der Waals surface area contributed by atoms with E-state index in [1.807, 2.05) is 66.7 Å². The minimum absolute atomic E-state index is 0.366. The molecule has 1 N–H and O–H groups in total. The van der Waals surface area contributed by atoms with Gasteiger partial charge in [0, 0.05) is 18.2 Å². The number of benzene rings is 2. The molecule has 3 aromatic rings. The standard InChI is InChI=1S/C22H19N3O2/c1-27-22(15-9-8-14-18(22)26)21-24-19(16-10-4-2-5-11-16)23-20(25-21)17-12-6-3-7-13-17/h2-15,18,26H,1H3. The number of nitrogens with zero attached hydrogens (tertiary/aromatic N) is 3. The van der Waals surface area contributed by atoms with Crippen LogP contribution in [0.15, 0.2) is 85.0 Å². The van der Waals surface area contributed by atoms with E-state index >= 15 is 0 Å². The van der Waals surface area contributed by atoms with Crippen LogP contribution in [0, 0.1) is 0 Å². The Morgan fingerprint density at radius 2 is 1.37 bits per heavy atom. The largest absolute Gasteiger partial charge is 0.385 e. The molecule has 0 saturated heterocycles. The Morgan fingerprint density at radius 3 is 1.85 bits per heavy atom. The summed E-state index contributed by atoms with van der Waals surface area (Å²) in [4.78, 5) is 14.0. The van der Waals surface area contributed by atoms with Gasteiger partial charge in [0.05, 0.1) is 0 Å². The summed E-state index contributed by atoms with van der Waals surface area (Å²) >= 11 is 0. The molecule has 1 aromatic heterocycles. The van der Waals surface area contributed by atoms with E-state index in [2.05, 4.69) is 15.0 Å². The summed E-state index contributed by atoms with van der Waals surface area (Å²) in [6, 6.07) is 19.4. The smallest absolute Gasteiger partial charge is 0.175 e. The molecule has 0 fully saturated rings. The van der Waals surface area contributed by atoms with Crippen molar-refractivity contribution in [1.29, 1.82) is 0 Å². The molecule has 0 bridgehead atoms. The van der Waals surface area contributed by atoms with Gasteiger partial charge in [0.1, 0.15) is 6.10 Å². The topological polar surface area (TPSA) is 68.1 Å². The van der Waals surface area contributed by atoms with Gasteiger partial charge in [-0.05, 0) is 6.08 Å². The first kappa shape index (κ1) is 17.3. The summed E-state index contributed by atoms with van der Waals surface area (Å²) in [7, 11) is 1.54. The van der Waals surface area contributed by atoms with E-state index in [1.54, 1.807) is 25.3 Å². The highest BCUT2D eigenvalue weighted by Gasteiger charge is 2.41. The van der Waals surface area contributed by atoms with E-state index in [-0.39, 0.29) is 0 Å². The molecule has 0 aliphatic heterocycles. The van der Waals surface area contributed by atoms with Gasteiger partial charge in [-0.15, -0.1) is 0 Å². The maximum atomic E-state index is 10.6. The van der Waals surface area contributed by atoms with Crippen LogP contribution in [-0.4, -0.2) is 33.3 Å². The molecule has 0 saturated carbocycles. The Kier molecular flexibility index (Phi) is 4.62. The van der Waals surface area contributed by atoms with Gasteiger partial charge < -0.3 is 9.84 Å². The molecule has 27 heavy (non-hydrogen) atoms. The van der Waals surface area contributed by atoms with Crippen LogP contribution in [0.5, 0.6) is 0 Å². The number of hydrogen-bond acceptors (Lipinski definition) is 5. The highest BCUT2D eigenvalue weighted by atomic mass is 16.5. The lowest BCUT2D eigenvalue weighted by atomic mass is 9.91. The molecule has 0 spiro atoms. The molecule has 1 aliphatic rings. The van der Waals surface area contributed by atoms with Crippen LogP contribution >= 0.6 is 0 Å². The summed E-state index contributed by atoms with van der Waals surface area (Å²) in [6.45, 7) is 0. The van der Waals surface area contributed by atoms with Gasteiger partial charge in [0.25, 0.3) is 0 Å². The number of methoxy groups -OCH3 is 1. The van der Waals surface area contributed by atoms with Crippen LogP contribution in [-0.2, 0) is 10.3 Å². The zero-order valence-electron chi connectivity index (χ0n) is 14.9. The SMILES string of the molecule is COC1(c2nc(-c3ccccc3)nc(-c3ccccc3)n2)C=CC=CC1O. The van der Waals surface area contributed by atoms with Crippen molar-refractivity contribution in [3.8, 4) is 22.8 Å². The van der Waals surface area contributed by atoms with Crippen molar-refractivity contribution in [3.63, 3.8) is 0 Å². The lowest BCUT2D eigenvalue weighted by molar-refractivity contribution is -0.0597. The van der Waals surface area contributed by atoms with Crippen molar-refractivity contribution < 1.29 is 9.84 Å². The molecule has 4 rings (SSSR count). The minimum atomic E-state index is -1.16. The minimum Gasteiger partial charge on any atom is -0.385 e. The number of ether oxygens (including phenoxy) is 1. The van der Waals surface area contributed by atoms with Crippen molar-refractivity contribution >= 4 is 0 Å². The number of allylic oxidation sites excluding steroid dienone is 2. The number of rotatable bonds is 4. The molecular weight excluding hydrogens is 338 g/mol. The molecule has 2 aromatic carbocycles. The van der Waals surface area contributed by atoms with Crippen molar-refractivity contribution in [2.24, 2.45) is 0 Å². The molecule has 2 unspecified atom stereocenters. The molecule has 0 radical (unpaired) electrons. The van der Waals surface area contributed by atoms with Crippen molar-refractivity contribution in [2.45, 2.75) is 11.7 Å². The second-order valence-corrected chi connectivity index (χ2v) is 6.22. The van der Waals surface area contributed by atoms with Crippen LogP contribution in [0.2, 0.25) is 0 Å². The molecule has 1 heterocycles. The third-order valence-corrected chi connectivity index (χ3v) is 4.57. The molecule has 1 aliphatic carbocycles. The number of aliphatic hydroxyl groups is 1. The van der Waals surface area contributed by atoms with Gasteiger partial charge in [-0.1, -0.05) is 78.9 Å². The number of hydrogen-bond donors (Lipinski definition) is 1. The number of aliphatic hydroxyl groups excluding tert-OH is 1. The normalized spacial score (nSPS) is 21.3. The van der Waals surface area contributed by atoms with Crippen LogP contribution in [0.4, 0.5) is 0 Å². The van der Waals surface area contributed by atoms with Crippen molar-refractivity contribution in [2.75, 3.05) is 7.11 Å². The third kappa shape index (κ3) is 3.18. The van der Waals surface area contributed by atoms with Gasteiger partial charge in [-0.2, -0.15) is 0 Å². The highest BCUT2D eigenvalue weighted by molar-refractivity contribution is 5.61. The van der Waals surface area contributed by atoms with E-state index in [9.17, 15) is 5.11 Å². The van der Waals surface area contributed by atoms with Crippen molar-refractivity contribution in [3.05, 3.63) is 90.8 Å². The second kappa shape index (κ2) is 7.23. The quantitative estimate of drug-likeness (QED) is 0.774. The molecule has 5 nitrogen and oxygen atoms in total. The zero-order valence-corrected chi connectivity index (χ0v) is 14.9. The first-order chi connectivity index (χ1) is 13.2. The molecule has 134 valence electrons. The second-order valence-electron chi connectivity index (χ2n) is 6.22. The lowest BCUT2D eigenvalue weighted by Crippen LogP contribution is -2.41. The zero-order chi connectivity index (χ0) is 18.7. The Bertz CT molecular complexity index is 929. The fourth-order valence-electron chi connectivity index (χ4n) is 3.08. The van der Waals surface area contributed by atoms with Crippen molar-refractivity contribution in [1.82, 2.24) is 15.0 Å². The van der Waals surface area contributed by atoms with Gasteiger partial charge in [-0.25, -0.2) is 15.0 Å². The van der Waals surface area contributed by atoms with E-state index in [0.29, 0.717) is 17.5 Å². The summed E-state index contributed by atoms with van der Waals surface area (Å²) in [6.07, 6.45) is 6.14. The first-order valence-electron chi connectivity index (χ1n) is 8.69. The fraction of sp³-hybridized carbons (Fsp3) is 0.136. The molecule has 0 amide bonds. The summed E-state index contributed by atoms with van der Waals surface area (Å²) in [5.74, 6) is 1.43. The van der Waals surface area contributed by atoms with Gasteiger partial charge in [0.2, 0.25) is 0 Å². The van der Waals surface area contributed by atoms with Crippen LogP contribution in [0.1, 0.15) is 5.82 Å². The summed E-state index contributed by atoms with van der Waals surface area (Å²) in [5.41, 5.74) is 0.578. The van der Waals surface area contributed by atoms with E-state index in [4.69, 9.17) is 4.74 Å². The Hall–Kier alpha value is -3.15. The fourth-order valence-corrected chi connectivity index (χ4v) is 3.08. The van der Waals surface area contributed by atoms with E-state index in [1.165, 1.54) is 0 Å². The van der Waals surface area contributed by atoms with E-state index in [0.717, 1.165) is 11.1 Å². The first-order valence-corrected chi connectivity index (χ1v) is 8.69. The molecule has 2 atom stereocenters. The highest BCUT2D eigenvalue weighted by Crippen LogP contribution is 2.33. The lowest BCUT2D eigenvalue weighted by Gasteiger charge is -2.32. The third-order valence-electron chi connectivity index (χ3n) is 4.57. The Morgan fingerprint density at radius 1 is 0.815 bits per heavy atom. The monoisotopic (exact) mass is 357 g/mol. The van der Waals surface area contributed by atoms with Gasteiger partial charge >= 0.3 is 0 Å². The van der Waals surface area contributed by atoms with Crippen LogP contribution in [0.25, 0.3) is 22.8 Å². The van der Waals surface area contributed by atoms with E-state index < -0.39 is 11.7 Å². The average molecular weight is 357 g/mol. The van der Waals surface area contributed by atoms with Gasteiger partial charge in [-0.3, -0.25) is 0 Å². The maximum Gasteiger partial charge on any atom is 0.175 e.